The molecule has 4 rings (SSSR count). The molecule has 10 atom stereocenters. The Morgan fingerprint density at radius 3 is 2.24 bits per heavy atom. The maximum Gasteiger partial charge on any atom is 0.308 e. The molecule has 0 amide bonds. The summed E-state index contributed by atoms with van der Waals surface area (Å²) >= 11 is 0. The Morgan fingerprint density at radius 2 is 1.63 bits per heavy atom. The Bertz CT molecular complexity index is 1040. The highest BCUT2D eigenvalue weighted by molar-refractivity contribution is 6.00. The Kier molecular flexibility index (Phi) is 7.37. The standard InChI is InChI=1S/C31H48O7/c1-16(11-18(32)12-17(2)27(37)38-8)19-13-24(36)31(7)26-20(33)14-22-28(3,4)23(35)9-10-29(22,5)25(26)21(34)15-30(19,31)6/h16-17,19-20,22-24,33,35-36H,9-15H2,1-8H3/t16-,17-,19-,20-,22+,23+,24+,29+,30-,31+/m1/s1. The van der Waals surface area contributed by atoms with Crippen LogP contribution in [-0.4, -0.2) is 58.3 Å². The van der Waals surface area contributed by atoms with Gasteiger partial charge in [-0.15, -0.1) is 0 Å². The molecule has 7 heteroatoms. The van der Waals surface area contributed by atoms with Crippen LogP contribution in [0.1, 0.15) is 93.4 Å². The number of methoxy groups -OCH3 is 1. The first-order valence-electron chi connectivity index (χ1n) is 14.4. The van der Waals surface area contributed by atoms with Gasteiger partial charge in [0.05, 0.1) is 31.3 Å². The Labute approximate surface area is 227 Å². The van der Waals surface area contributed by atoms with Crippen molar-refractivity contribution in [1.29, 1.82) is 0 Å². The van der Waals surface area contributed by atoms with E-state index >= 15 is 0 Å². The highest BCUT2D eigenvalue weighted by Crippen LogP contribution is 2.71. The van der Waals surface area contributed by atoms with Gasteiger partial charge in [0.15, 0.2) is 5.78 Å². The van der Waals surface area contributed by atoms with E-state index in [4.69, 9.17) is 4.74 Å². The summed E-state index contributed by atoms with van der Waals surface area (Å²) in [6.45, 7) is 14.0. The average Bonchev–Trinajstić information content (AvgIpc) is 3.03. The van der Waals surface area contributed by atoms with Gasteiger partial charge in [0.1, 0.15) is 5.78 Å². The zero-order chi connectivity index (χ0) is 28.6. The molecule has 0 unspecified atom stereocenters. The third-order valence-electron chi connectivity index (χ3n) is 12.0. The number of fused-ring (bicyclic) bond motifs is 4. The van der Waals surface area contributed by atoms with Crippen LogP contribution >= 0.6 is 0 Å². The average molecular weight is 533 g/mol. The van der Waals surface area contributed by atoms with E-state index in [1.165, 1.54) is 7.11 Å². The van der Waals surface area contributed by atoms with Crippen molar-refractivity contribution in [2.45, 2.75) is 112 Å². The molecule has 0 aliphatic heterocycles. The summed E-state index contributed by atoms with van der Waals surface area (Å²) in [6, 6.07) is 0. The Balaban J connectivity index is 1.71. The van der Waals surface area contributed by atoms with Crippen LogP contribution in [0, 0.1) is 45.3 Å². The highest BCUT2D eigenvalue weighted by Gasteiger charge is 2.70. The molecule has 0 spiro atoms. The topological polar surface area (TPSA) is 121 Å². The predicted octanol–water partition coefficient (Wildman–Crippen LogP) is 4.01. The van der Waals surface area contributed by atoms with Crippen molar-refractivity contribution >= 4 is 17.5 Å². The molecule has 7 nitrogen and oxygen atoms in total. The van der Waals surface area contributed by atoms with Gasteiger partial charge in [-0.3, -0.25) is 14.4 Å². The summed E-state index contributed by atoms with van der Waals surface area (Å²) in [4.78, 5) is 38.8. The SMILES string of the molecule is COC(=O)[C@H](C)CC(=O)C[C@@H](C)[C@H]1C[C@H](O)[C@@]2(C)C3=C(C(=O)C[C@]12C)[C@@]1(C)CC[C@H](O)C(C)(C)[C@@H]1C[C@H]3O. The van der Waals surface area contributed by atoms with E-state index in [1.807, 2.05) is 27.7 Å². The molecule has 0 aromatic rings. The molecule has 4 aliphatic carbocycles. The maximum atomic E-state index is 14.1. The van der Waals surface area contributed by atoms with E-state index in [9.17, 15) is 29.7 Å². The van der Waals surface area contributed by atoms with Crippen LogP contribution in [0.3, 0.4) is 0 Å². The first-order chi connectivity index (χ1) is 17.5. The molecule has 214 valence electrons. The number of carbonyl (C=O) groups is 3. The van der Waals surface area contributed by atoms with Crippen molar-refractivity contribution in [3.8, 4) is 0 Å². The van der Waals surface area contributed by atoms with Crippen molar-refractivity contribution in [2.24, 2.45) is 45.3 Å². The summed E-state index contributed by atoms with van der Waals surface area (Å²) in [7, 11) is 1.31. The van der Waals surface area contributed by atoms with Crippen LogP contribution in [0.5, 0.6) is 0 Å². The van der Waals surface area contributed by atoms with Crippen molar-refractivity contribution < 1.29 is 34.4 Å². The van der Waals surface area contributed by atoms with E-state index in [0.717, 1.165) is 0 Å². The van der Waals surface area contributed by atoms with E-state index in [2.05, 4.69) is 13.8 Å². The van der Waals surface area contributed by atoms with Crippen LogP contribution in [0.2, 0.25) is 0 Å². The molecule has 3 N–H and O–H groups in total. The summed E-state index contributed by atoms with van der Waals surface area (Å²) in [5, 5.41) is 34.2. The monoisotopic (exact) mass is 532 g/mol. The zero-order valence-corrected chi connectivity index (χ0v) is 24.5. The summed E-state index contributed by atoms with van der Waals surface area (Å²) in [6.07, 6.45) is 0.706. The third-order valence-corrected chi connectivity index (χ3v) is 12.0. The van der Waals surface area contributed by atoms with Gasteiger partial charge in [-0.1, -0.05) is 48.5 Å². The van der Waals surface area contributed by atoms with Crippen LogP contribution in [0.15, 0.2) is 11.1 Å². The molecule has 0 radical (unpaired) electrons. The minimum atomic E-state index is -0.868. The summed E-state index contributed by atoms with van der Waals surface area (Å²) in [5.41, 5.74) is -0.940. The second-order valence-electron chi connectivity index (χ2n) is 14.3. The van der Waals surface area contributed by atoms with Crippen LogP contribution in [-0.2, 0) is 19.1 Å². The molecule has 2 saturated carbocycles. The predicted molar refractivity (Wildman–Crippen MR) is 143 cm³/mol. The first kappa shape index (κ1) is 29.4. The van der Waals surface area contributed by atoms with Gasteiger partial charge in [0, 0.05) is 30.3 Å². The number of aliphatic hydroxyl groups is 3. The van der Waals surface area contributed by atoms with Gasteiger partial charge < -0.3 is 20.1 Å². The number of ketones is 2. The first-order valence-corrected chi connectivity index (χ1v) is 14.4. The Morgan fingerprint density at radius 1 is 1.00 bits per heavy atom. The second kappa shape index (κ2) is 9.52. The fourth-order valence-electron chi connectivity index (χ4n) is 9.59. The van der Waals surface area contributed by atoms with Gasteiger partial charge in [-0.2, -0.15) is 0 Å². The minimum Gasteiger partial charge on any atom is -0.469 e. The number of hydrogen-bond donors (Lipinski definition) is 3. The molecule has 0 aromatic carbocycles. The summed E-state index contributed by atoms with van der Waals surface area (Å²) in [5.74, 6) is -1.15. The molecule has 0 heterocycles. The lowest BCUT2D eigenvalue weighted by Crippen LogP contribution is -2.61. The zero-order valence-electron chi connectivity index (χ0n) is 24.5. The maximum absolute atomic E-state index is 14.1. The third kappa shape index (κ3) is 3.97. The van der Waals surface area contributed by atoms with Crippen molar-refractivity contribution in [3.05, 3.63) is 11.1 Å². The van der Waals surface area contributed by atoms with E-state index in [1.54, 1.807) is 6.92 Å². The minimum absolute atomic E-state index is 0.0276. The molecule has 0 bridgehead atoms. The van der Waals surface area contributed by atoms with Gasteiger partial charge in [0.25, 0.3) is 0 Å². The number of rotatable bonds is 6. The van der Waals surface area contributed by atoms with Crippen molar-refractivity contribution in [3.63, 3.8) is 0 Å². The molecule has 0 aromatic heterocycles. The quantitative estimate of drug-likeness (QED) is 0.442. The van der Waals surface area contributed by atoms with Gasteiger partial charge in [-0.05, 0) is 65.3 Å². The molecule has 4 aliphatic rings. The number of esters is 1. The number of ether oxygens (including phenoxy) is 1. The molecule has 0 saturated heterocycles. The van der Waals surface area contributed by atoms with Crippen LogP contribution in [0.25, 0.3) is 0 Å². The van der Waals surface area contributed by atoms with Gasteiger partial charge in [-0.25, -0.2) is 0 Å². The largest absolute Gasteiger partial charge is 0.469 e. The lowest BCUT2D eigenvalue weighted by Gasteiger charge is -2.62. The highest BCUT2D eigenvalue weighted by atomic mass is 16.5. The number of allylic oxidation sites excluding steroid dienone is 1. The van der Waals surface area contributed by atoms with Gasteiger partial charge in [0.2, 0.25) is 0 Å². The van der Waals surface area contributed by atoms with E-state index in [0.29, 0.717) is 36.8 Å². The fourth-order valence-corrected chi connectivity index (χ4v) is 9.59. The van der Waals surface area contributed by atoms with Crippen molar-refractivity contribution in [1.82, 2.24) is 0 Å². The smallest absolute Gasteiger partial charge is 0.308 e. The van der Waals surface area contributed by atoms with Gasteiger partial charge >= 0.3 is 5.97 Å². The summed E-state index contributed by atoms with van der Waals surface area (Å²) < 4.78 is 4.76. The van der Waals surface area contributed by atoms with Crippen LogP contribution in [0.4, 0.5) is 0 Å². The normalized spacial score (nSPS) is 43.6. The molecular formula is C31H48O7. The lowest BCUT2D eigenvalue weighted by atomic mass is 9.42. The fraction of sp³-hybridized carbons (Fsp3) is 0.839. The molecular weight excluding hydrogens is 484 g/mol. The number of hydrogen-bond acceptors (Lipinski definition) is 7. The van der Waals surface area contributed by atoms with Crippen molar-refractivity contribution in [2.75, 3.05) is 7.11 Å². The molecule has 38 heavy (non-hydrogen) atoms. The second-order valence-corrected chi connectivity index (χ2v) is 14.3. The number of aliphatic hydroxyl groups excluding tert-OH is 3. The van der Waals surface area contributed by atoms with Crippen LogP contribution < -0.4 is 0 Å². The number of carbonyl (C=O) groups excluding carboxylic acids is 3. The van der Waals surface area contributed by atoms with E-state index in [-0.39, 0.29) is 48.6 Å². The lowest BCUT2D eigenvalue weighted by molar-refractivity contribution is -0.146. The van der Waals surface area contributed by atoms with E-state index < -0.39 is 51.9 Å². The Hall–Kier alpha value is -1.57. The number of Topliss-reactive ketones (excluding diaryl/α,β-unsaturated/α-hetero) is 2. The molecule has 2 fully saturated rings.